The fraction of sp³-hybridized carbons (Fsp3) is 0.143. The second-order valence-corrected chi connectivity index (χ2v) is 3.76. The van der Waals surface area contributed by atoms with Gasteiger partial charge in [-0.15, -0.1) is 0 Å². The minimum absolute atomic E-state index is 0.680. The van der Waals surface area contributed by atoms with Crippen molar-refractivity contribution in [2.24, 2.45) is 0 Å². The maximum atomic E-state index is 8.97. The topological polar surface area (TPSA) is 36.7 Å². The van der Waals surface area contributed by atoms with Crippen LogP contribution in [0.2, 0.25) is 0 Å². The van der Waals surface area contributed by atoms with E-state index in [-0.39, 0.29) is 0 Å². The highest BCUT2D eigenvalue weighted by Gasteiger charge is 2.06. The van der Waals surface area contributed by atoms with E-state index in [2.05, 4.69) is 11.1 Å². The molecule has 0 aliphatic heterocycles. The van der Waals surface area contributed by atoms with Crippen molar-refractivity contribution in [1.29, 1.82) is 5.26 Å². The van der Waals surface area contributed by atoms with Crippen molar-refractivity contribution >= 4 is 0 Å². The van der Waals surface area contributed by atoms with Gasteiger partial charge in [0.15, 0.2) is 0 Å². The van der Waals surface area contributed by atoms with E-state index in [9.17, 15) is 0 Å². The van der Waals surface area contributed by atoms with Crippen LogP contribution in [0.1, 0.15) is 16.8 Å². The van der Waals surface area contributed by atoms with E-state index in [4.69, 9.17) is 5.26 Å². The first kappa shape index (κ1) is 10.4. The molecule has 2 rings (SSSR count). The standard InChI is InChI=1S/C14H12N2/c1-10-8-14(12-6-4-3-5-7-12)16-11(2)13(10)9-15/h3-8H,1-2H3. The number of rotatable bonds is 1. The molecule has 0 unspecified atom stereocenters. The van der Waals surface area contributed by atoms with E-state index >= 15 is 0 Å². The Balaban J connectivity index is 2.58. The van der Waals surface area contributed by atoms with Crippen LogP contribution in [0.4, 0.5) is 0 Å². The van der Waals surface area contributed by atoms with Gasteiger partial charge in [-0.1, -0.05) is 30.3 Å². The van der Waals surface area contributed by atoms with Gasteiger partial charge in [-0.2, -0.15) is 5.26 Å². The Labute approximate surface area is 95.2 Å². The third-order valence-electron chi connectivity index (χ3n) is 2.58. The molecule has 0 aliphatic rings. The van der Waals surface area contributed by atoms with Gasteiger partial charge in [0.25, 0.3) is 0 Å². The summed E-state index contributed by atoms with van der Waals surface area (Å²) in [4.78, 5) is 4.45. The monoisotopic (exact) mass is 208 g/mol. The quantitative estimate of drug-likeness (QED) is 0.721. The van der Waals surface area contributed by atoms with Crippen LogP contribution in [-0.4, -0.2) is 4.98 Å². The number of aryl methyl sites for hydroxylation is 2. The van der Waals surface area contributed by atoms with E-state index in [0.29, 0.717) is 5.56 Å². The van der Waals surface area contributed by atoms with Crippen molar-refractivity contribution in [2.45, 2.75) is 13.8 Å². The van der Waals surface area contributed by atoms with Gasteiger partial charge in [-0.05, 0) is 25.5 Å². The zero-order chi connectivity index (χ0) is 11.5. The smallest absolute Gasteiger partial charge is 0.101 e. The Morgan fingerprint density at radius 2 is 1.81 bits per heavy atom. The molecule has 0 radical (unpaired) electrons. The molecule has 0 saturated heterocycles. The average Bonchev–Trinajstić information content (AvgIpc) is 2.30. The van der Waals surface area contributed by atoms with Crippen molar-refractivity contribution in [3.63, 3.8) is 0 Å². The third kappa shape index (κ3) is 1.80. The van der Waals surface area contributed by atoms with Crippen LogP contribution in [-0.2, 0) is 0 Å². The van der Waals surface area contributed by atoms with E-state index in [1.807, 2.05) is 50.2 Å². The number of nitriles is 1. The maximum Gasteiger partial charge on any atom is 0.101 e. The molecule has 1 heterocycles. The van der Waals surface area contributed by atoms with Crippen LogP contribution in [0.3, 0.4) is 0 Å². The Morgan fingerprint density at radius 1 is 1.12 bits per heavy atom. The molecule has 0 N–H and O–H groups in total. The molecule has 2 aromatic rings. The average molecular weight is 208 g/mol. The summed E-state index contributed by atoms with van der Waals surface area (Å²) in [6.45, 7) is 3.82. The minimum atomic E-state index is 0.680. The van der Waals surface area contributed by atoms with Crippen LogP contribution >= 0.6 is 0 Å². The third-order valence-corrected chi connectivity index (χ3v) is 2.58. The van der Waals surface area contributed by atoms with Crippen LogP contribution in [0.5, 0.6) is 0 Å². The van der Waals surface area contributed by atoms with E-state index < -0.39 is 0 Å². The molecule has 0 aliphatic carbocycles. The number of pyridine rings is 1. The molecular formula is C14H12N2. The molecule has 0 fully saturated rings. The molecule has 0 spiro atoms. The molecule has 0 amide bonds. The van der Waals surface area contributed by atoms with Gasteiger partial charge < -0.3 is 0 Å². The Kier molecular flexibility index (Phi) is 2.70. The molecular weight excluding hydrogens is 196 g/mol. The highest BCUT2D eigenvalue weighted by atomic mass is 14.7. The number of aromatic nitrogens is 1. The minimum Gasteiger partial charge on any atom is -0.252 e. The van der Waals surface area contributed by atoms with Gasteiger partial charge in [0.2, 0.25) is 0 Å². The van der Waals surface area contributed by atoms with Gasteiger partial charge in [-0.25, -0.2) is 0 Å². The fourth-order valence-electron chi connectivity index (χ4n) is 1.76. The zero-order valence-corrected chi connectivity index (χ0v) is 9.36. The SMILES string of the molecule is Cc1cc(-c2ccccc2)nc(C)c1C#N. The second-order valence-electron chi connectivity index (χ2n) is 3.76. The lowest BCUT2D eigenvalue weighted by molar-refractivity contribution is 1.16. The molecule has 1 aromatic carbocycles. The molecule has 0 saturated carbocycles. The summed E-state index contributed by atoms with van der Waals surface area (Å²) in [5, 5.41) is 8.97. The number of hydrogen-bond acceptors (Lipinski definition) is 2. The fourth-order valence-corrected chi connectivity index (χ4v) is 1.76. The van der Waals surface area contributed by atoms with Crippen LogP contribution in [0, 0.1) is 25.2 Å². The Bertz CT molecular complexity index is 528. The maximum absolute atomic E-state index is 8.97. The summed E-state index contributed by atoms with van der Waals surface area (Å²) >= 11 is 0. The van der Waals surface area contributed by atoms with Crippen molar-refractivity contribution in [1.82, 2.24) is 4.98 Å². The summed E-state index contributed by atoms with van der Waals surface area (Å²) in [6, 6.07) is 14.1. The number of hydrogen-bond donors (Lipinski definition) is 0. The van der Waals surface area contributed by atoms with Gasteiger partial charge in [0.05, 0.1) is 17.0 Å². The molecule has 16 heavy (non-hydrogen) atoms. The van der Waals surface area contributed by atoms with Crippen LogP contribution in [0.25, 0.3) is 11.3 Å². The van der Waals surface area contributed by atoms with Crippen molar-refractivity contribution in [2.75, 3.05) is 0 Å². The van der Waals surface area contributed by atoms with Gasteiger partial charge in [-0.3, -0.25) is 4.98 Å². The summed E-state index contributed by atoms with van der Waals surface area (Å²) < 4.78 is 0. The summed E-state index contributed by atoms with van der Waals surface area (Å²) in [5.74, 6) is 0. The molecule has 0 atom stereocenters. The predicted molar refractivity (Wildman–Crippen MR) is 63.9 cm³/mol. The van der Waals surface area contributed by atoms with Gasteiger partial charge in [0, 0.05) is 5.56 Å². The lowest BCUT2D eigenvalue weighted by Gasteiger charge is -2.06. The van der Waals surface area contributed by atoms with Crippen molar-refractivity contribution < 1.29 is 0 Å². The van der Waals surface area contributed by atoms with Gasteiger partial charge in [0.1, 0.15) is 6.07 Å². The van der Waals surface area contributed by atoms with E-state index in [0.717, 1.165) is 22.5 Å². The van der Waals surface area contributed by atoms with E-state index in [1.54, 1.807) is 0 Å². The zero-order valence-electron chi connectivity index (χ0n) is 9.36. The first-order valence-electron chi connectivity index (χ1n) is 5.16. The molecule has 2 nitrogen and oxygen atoms in total. The van der Waals surface area contributed by atoms with Gasteiger partial charge >= 0.3 is 0 Å². The van der Waals surface area contributed by atoms with Crippen molar-refractivity contribution in [3.8, 4) is 17.3 Å². The number of benzene rings is 1. The lowest BCUT2D eigenvalue weighted by Crippen LogP contribution is -1.94. The molecule has 2 heteroatoms. The molecule has 0 bridgehead atoms. The Hall–Kier alpha value is -2.14. The molecule has 78 valence electrons. The van der Waals surface area contributed by atoms with E-state index in [1.165, 1.54) is 0 Å². The summed E-state index contributed by atoms with van der Waals surface area (Å²) in [7, 11) is 0. The largest absolute Gasteiger partial charge is 0.252 e. The summed E-state index contributed by atoms with van der Waals surface area (Å²) in [5.41, 5.74) is 4.46. The predicted octanol–water partition coefficient (Wildman–Crippen LogP) is 3.24. The highest BCUT2D eigenvalue weighted by Crippen LogP contribution is 2.21. The first-order valence-corrected chi connectivity index (χ1v) is 5.16. The van der Waals surface area contributed by atoms with Crippen LogP contribution in [0.15, 0.2) is 36.4 Å². The highest BCUT2D eigenvalue weighted by molar-refractivity contribution is 5.61. The normalized spacial score (nSPS) is 9.81. The van der Waals surface area contributed by atoms with Crippen LogP contribution < -0.4 is 0 Å². The lowest BCUT2D eigenvalue weighted by atomic mass is 10.0. The Morgan fingerprint density at radius 3 is 2.38 bits per heavy atom. The number of nitrogens with zero attached hydrogens (tertiary/aromatic N) is 2. The summed E-state index contributed by atoms with van der Waals surface area (Å²) in [6.07, 6.45) is 0. The second kappa shape index (κ2) is 4.16. The first-order chi connectivity index (χ1) is 7.72. The van der Waals surface area contributed by atoms with Crippen molar-refractivity contribution in [3.05, 3.63) is 53.2 Å². The molecule has 1 aromatic heterocycles.